The topological polar surface area (TPSA) is 12.9 Å². The summed E-state index contributed by atoms with van der Waals surface area (Å²) in [5, 5.41) is 0. The normalized spacial score (nSPS) is 9.43. The van der Waals surface area contributed by atoms with E-state index in [9.17, 15) is 0 Å². The Balaban J connectivity index is 3.04. The van der Waals surface area contributed by atoms with Crippen LogP contribution in [-0.4, -0.2) is 4.37 Å². The van der Waals surface area contributed by atoms with Crippen LogP contribution in [-0.2, 0) is 0 Å². The van der Waals surface area contributed by atoms with Gasteiger partial charge in [-0.3, -0.25) is 0 Å². The first-order chi connectivity index (χ1) is 3.29. The average Bonchev–Trinajstić information content (AvgIpc) is 1.87. The van der Waals surface area contributed by atoms with Crippen molar-refractivity contribution in [3.8, 4) is 0 Å². The number of aromatic nitrogens is 1. The number of rotatable bonds is 0. The average molecular weight is 131 g/mol. The van der Waals surface area contributed by atoms with Crippen molar-refractivity contribution in [2.24, 2.45) is 0 Å². The minimum Gasteiger partial charge on any atom is -0.193 e. The lowest BCUT2D eigenvalue weighted by atomic mass is 10.6. The van der Waals surface area contributed by atoms with E-state index in [1.807, 2.05) is 13.0 Å². The SMILES string of the molecule is Cc1cc(P)ns1. The maximum Gasteiger partial charge on any atom is 0.0709 e. The Labute approximate surface area is 49.1 Å². The quantitative estimate of drug-likeness (QED) is 0.478. The van der Waals surface area contributed by atoms with Crippen LogP contribution < -0.4 is 5.44 Å². The Kier molecular flexibility index (Phi) is 1.40. The molecule has 0 fully saturated rings. The summed E-state index contributed by atoms with van der Waals surface area (Å²) >= 11 is 1.53. The van der Waals surface area contributed by atoms with Crippen LogP contribution in [0.4, 0.5) is 0 Å². The minimum absolute atomic E-state index is 1.04. The van der Waals surface area contributed by atoms with E-state index in [0.717, 1.165) is 5.44 Å². The number of hydrogen-bond acceptors (Lipinski definition) is 2. The molecule has 0 saturated heterocycles. The Morgan fingerprint density at radius 1 is 1.86 bits per heavy atom. The Bertz CT molecular complexity index is 144. The second-order valence-electron chi connectivity index (χ2n) is 1.36. The molecular formula is C4H6NPS. The van der Waals surface area contributed by atoms with Gasteiger partial charge < -0.3 is 0 Å². The third kappa shape index (κ3) is 1.22. The van der Waals surface area contributed by atoms with Crippen LogP contribution in [0.1, 0.15) is 4.88 Å². The van der Waals surface area contributed by atoms with Crippen molar-refractivity contribution >= 4 is 26.2 Å². The van der Waals surface area contributed by atoms with Crippen LogP contribution >= 0.6 is 20.8 Å². The fraction of sp³-hybridized carbons (Fsp3) is 0.250. The first-order valence-corrected chi connectivity index (χ1v) is 3.33. The van der Waals surface area contributed by atoms with Gasteiger partial charge in [0, 0.05) is 4.88 Å². The largest absolute Gasteiger partial charge is 0.193 e. The monoisotopic (exact) mass is 131 g/mol. The predicted molar refractivity (Wildman–Crippen MR) is 36.2 cm³/mol. The summed E-state index contributed by atoms with van der Waals surface area (Å²) in [6.45, 7) is 2.05. The molecule has 1 nitrogen and oxygen atoms in total. The summed E-state index contributed by atoms with van der Waals surface area (Å²) in [5.74, 6) is 0. The second kappa shape index (κ2) is 1.89. The Morgan fingerprint density at radius 2 is 2.57 bits per heavy atom. The van der Waals surface area contributed by atoms with Gasteiger partial charge in [0.15, 0.2) is 0 Å². The molecule has 1 aromatic rings. The molecule has 38 valence electrons. The molecule has 0 N–H and O–H groups in total. The highest BCUT2D eigenvalue weighted by Gasteiger charge is 1.86. The van der Waals surface area contributed by atoms with Crippen molar-refractivity contribution in [3.05, 3.63) is 10.9 Å². The van der Waals surface area contributed by atoms with E-state index in [1.54, 1.807) is 0 Å². The Morgan fingerprint density at radius 3 is 2.71 bits per heavy atom. The van der Waals surface area contributed by atoms with Gasteiger partial charge in [-0.2, -0.15) is 4.37 Å². The van der Waals surface area contributed by atoms with Crippen molar-refractivity contribution in [2.75, 3.05) is 0 Å². The molecule has 0 amide bonds. The summed E-state index contributed by atoms with van der Waals surface area (Å²) < 4.78 is 4.02. The van der Waals surface area contributed by atoms with Gasteiger partial charge in [-0.05, 0) is 24.5 Å². The number of aryl methyl sites for hydroxylation is 1. The van der Waals surface area contributed by atoms with Crippen LogP contribution in [0.25, 0.3) is 0 Å². The van der Waals surface area contributed by atoms with Crippen molar-refractivity contribution < 1.29 is 0 Å². The lowest BCUT2D eigenvalue weighted by molar-refractivity contribution is 1.65. The van der Waals surface area contributed by atoms with Crippen molar-refractivity contribution in [2.45, 2.75) is 6.92 Å². The van der Waals surface area contributed by atoms with Crippen LogP contribution in [0.5, 0.6) is 0 Å². The third-order valence-corrected chi connectivity index (χ3v) is 1.84. The van der Waals surface area contributed by atoms with E-state index in [4.69, 9.17) is 0 Å². The highest BCUT2D eigenvalue weighted by molar-refractivity contribution is 7.28. The molecule has 1 aromatic heterocycles. The molecular weight excluding hydrogens is 125 g/mol. The first-order valence-electron chi connectivity index (χ1n) is 1.98. The highest BCUT2D eigenvalue weighted by atomic mass is 32.1. The molecule has 0 aliphatic rings. The summed E-state index contributed by atoms with van der Waals surface area (Å²) in [6, 6.07) is 2.04. The van der Waals surface area contributed by atoms with Crippen molar-refractivity contribution in [3.63, 3.8) is 0 Å². The maximum atomic E-state index is 4.02. The standard InChI is InChI=1S/C4H6NPS/c1-3-2-4(6)5-7-3/h2H,6H2,1H3. The lowest BCUT2D eigenvalue weighted by Gasteiger charge is -1.67. The zero-order valence-electron chi connectivity index (χ0n) is 4.01. The van der Waals surface area contributed by atoms with Gasteiger partial charge in [0.2, 0.25) is 0 Å². The van der Waals surface area contributed by atoms with E-state index in [-0.39, 0.29) is 0 Å². The molecule has 0 spiro atoms. The molecule has 3 heteroatoms. The maximum absolute atomic E-state index is 4.02. The van der Waals surface area contributed by atoms with Gasteiger partial charge >= 0.3 is 0 Å². The van der Waals surface area contributed by atoms with Gasteiger partial charge in [0.25, 0.3) is 0 Å². The number of nitrogens with zero attached hydrogens (tertiary/aromatic N) is 1. The van der Waals surface area contributed by atoms with Gasteiger partial charge in [0.05, 0.1) is 5.44 Å². The minimum atomic E-state index is 1.04. The van der Waals surface area contributed by atoms with Crippen molar-refractivity contribution in [1.82, 2.24) is 4.37 Å². The van der Waals surface area contributed by atoms with Crippen molar-refractivity contribution in [1.29, 1.82) is 0 Å². The third-order valence-electron chi connectivity index (χ3n) is 0.646. The van der Waals surface area contributed by atoms with E-state index in [1.165, 1.54) is 16.4 Å². The molecule has 1 heterocycles. The van der Waals surface area contributed by atoms with Gasteiger partial charge in [-0.15, -0.1) is 0 Å². The summed E-state index contributed by atoms with van der Waals surface area (Å²) in [4.78, 5) is 1.27. The first kappa shape index (κ1) is 5.20. The molecule has 0 aliphatic carbocycles. The molecule has 0 saturated carbocycles. The fourth-order valence-electron chi connectivity index (χ4n) is 0.386. The van der Waals surface area contributed by atoms with Crippen LogP contribution in [0, 0.1) is 6.92 Å². The molecule has 7 heavy (non-hydrogen) atoms. The highest BCUT2D eigenvalue weighted by Crippen LogP contribution is 2.00. The Hall–Kier alpha value is 0.0600. The molecule has 1 unspecified atom stereocenters. The van der Waals surface area contributed by atoms with E-state index in [0.29, 0.717) is 0 Å². The molecule has 0 radical (unpaired) electrons. The molecule has 1 rings (SSSR count). The van der Waals surface area contributed by atoms with Crippen LogP contribution in [0.15, 0.2) is 6.07 Å². The van der Waals surface area contributed by atoms with E-state index < -0.39 is 0 Å². The zero-order valence-corrected chi connectivity index (χ0v) is 5.98. The summed E-state index contributed by atoms with van der Waals surface area (Å²) in [7, 11) is 2.55. The molecule has 0 bridgehead atoms. The second-order valence-corrected chi connectivity index (χ2v) is 2.96. The summed E-state index contributed by atoms with van der Waals surface area (Å²) in [6.07, 6.45) is 0. The van der Waals surface area contributed by atoms with Gasteiger partial charge in [0.1, 0.15) is 0 Å². The van der Waals surface area contributed by atoms with Gasteiger partial charge in [-0.1, -0.05) is 9.24 Å². The van der Waals surface area contributed by atoms with Crippen LogP contribution in [0.2, 0.25) is 0 Å². The number of hydrogen-bond donors (Lipinski definition) is 0. The fourth-order valence-corrected chi connectivity index (χ4v) is 1.39. The summed E-state index contributed by atoms with van der Waals surface area (Å²) in [5.41, 5.74) is 1.04. The van der Waals surface area contributed by atoms with E-state index >= 15 is 0 Å². The predicted octanol–water partition coefficient (Wildman–Crippen LogP) is 0.952. The molecule has 0 aromatic carbocycles. The van der Waals surface area contributed by atoms with E-state index in [2.05, 4.69) is 13.6 Å². The molecule has 0 aliphatic heterocycles. The molecule has 1 atom stereocenters. The van der Waals surface area contributed by atoms with Crippen LogP contribution in [0.3, 0.4) is 0 Å². The zero-order chi connectivity index (χ0) is 5.28. The lowest BCUT2D eigenvalue weighted by Crippen LogP contribution is -1.83. The smallest absolute Gasteiger partial charge is 0.0709 e. The van der Waals surface area contributed by atoms with Gasteiger partial charge in [-0.25, -0.2) is 0 Å².